The van der Waals surface area contributed by atoms with Gasteiger partial charge in [-0.1, -0.05) is 52.0 Å². The van der Waals surface area contributed by atoms with Gasteiger partial charge in [-0.25, -0.2) is 0 Å². The van der Waals surface area contributed by atoms with E-state index in [4.69, 9.17) is 20.3 Å². The number of benzene rings is 1. The molecule has 0 saturated heterocycles. The van der Waals surface area contributed by atoms with Crippen LogP contribution in [0.1, 0.15) is 57.9 Å². The van der Waals surface area contributed by atoms with E-state index >= 15 is 0 Å². The van der Waals surface area contributed by atoms with Gasteiger partial charge in [-0.15, -0.1) is 0 Å². The monoisotopic (exact) mass is 445 g/mol. The minimum absolute atomic E-state index is 0.190. The molecule has 0 fully saturated rings. The maximum atomic E-state index is 12.3. The largest absolute Gasteiger partial charge is 0.480 e. The molecule has 0 amide bonds. The number of hydrogen-bond donors (Lipinski definition) is 3. The predicted octanol–water partition coefficient (Wildman–Crippen LogP) is 3.78. The zero-order valence-electron chi connectivity index (χ0n) is 17.5. The van der Waals surface area contributed by atoms with Crippen LogP contribution < -0.4 is 15.2 Å². The van der Waals surface area contributed by atoms with Crippen molar-refractivity contribution in [3.8, 4) is 11.5 Å². The van der Waals surface area contributed by atoms with Crippen molar-refractivity contribution in [2.45, 2.75) is 70.1 Å². The molecular formula is C21H35NO5S2. The average Bonchev–Trinajstić information content (AvgIpc) is 3.18. The summed E-state index contributed by atoms with van der Waals surface area (Å²) in [5.41, 5.74) is 6.11. The fraction of sp³-hybridized carbons (Fsp3) is 0.667. The number of rotatable bonds is 12. The minimum atomic E-state index is -1.00. The van der Waals surface area contributed by atoms with Gasteiger partial charge in [0.1, 0.15) is 6.04 Å². The van der Waals surface area contributed by atoms with E-state index in [2.05, 4.69) is 26.5 Å². The lowest BCUT2D eigenvalue weighted by Crippen LogP contribution is -2.31. The Balaban J connectivity index is 0.000000516. The molecule has 1 aromatic rings. The molecular weight excluding hydrogens is 410 g/mol. The second-order valence-electron chi connectivity index (χ2n) is 7.18. The van der Waals surface area contributed by atoms with Gasteiger partial charge in [0.25, 0.3) is 0 Å². The molecule has 0 radical (unpaired) electrons. The van der Waals surface area contributed by atoms with Crippen LogP contribution in [-0.4, -0.2) is 44.9 Å². The predicted molar refractivity (Wildman–Crippen MR) is 122 cm³/mol. The topological polar surface area (TPSA) is 98.9 Å². The van der Waals surface area contributed by atoms with Crippen molar-refractivity contribution in [3.63, 3.8) is 0 Å². The molecule has 1 heterocycles. The molecule has 0 bridgehead atoms. The Morgan fingerprint density at radius 3 is 2.48 bits per heavy atom. The standard InChI is InChI=1S/C18H28O3S.C3H7NO2S/c1-3-4-5-6-7-8-11-22(19)15(2)12-16-9-10-17-18(13-16)21-14-20-17;4-2(1-7)3(5)6/h9-10,13,15H,3-8,11-12,14H2,1-2H3;2,7H,1,4H2,(H,5,6)/t;2-/m.0/s1. The summed E-state index contributed by atoms with van der Waals surface area (Å²) in [4.78, 5) is 9.76. The zero-order chi connectivity index (χ0) is 21.6. The van der Waals surface area contributed by atoms with Crippen LogP contribution in [0.3, 0.4) is 0 Å². The fourth-order valence-corrected chi connectivity index (χ4v) is 4.22. The van der Waals surface area contributed by atoms with E-state index in [0.29, 0.717) is 6.79 Å². The molecule has 1 aliphatic heterocycles. The number of carboxylic acids is 1. The van der Waals surface area contributed by atoms with Gasteiger partial charge in [0, 0.05) is 27.6 Å². The van der Waals surface area contributed by atoms with Crippen molar-refractivity contribution < 1.29 is 23.6 Å². The lowest BCUT2D eigenvalue weighted by Gasteiger charge is -2.12. The third-order valence-corrected chi connectivity index (χ3v) is 6.77. The Morgan fingerprint density at radius 1 is 1.21 bits per heavy atom. The average molecular weight is 446 g/mol. The Kier molecular flexibility index (Phi) is 13.1. The van der Waals surface area contributed by atoms with Crippen LogP contribution in [0.4, 0.5) is 0 Å². The third kappa shape index (κ3) is 10.4. The molecule has 1 aromatic carbocycles. The number of carboxylic acid groups (broad SMARTS) is 1. The normalized spacial score (nSPS) is 15.2. The summed E-state index contributed by atoms with van der Waals surface area (Å²) in [7, 11) is -0.743. The van der Waals surface area contributed by atoms with E-state index in [9.17, 15) is 9.00 Å². The first-order valence-corrected chi connectivity index (χ1v) is 12.2. The second kappa shape index (κ2) is 14.7. The molecule has 8 heteroatoms. The molecule has 2 unspecified atom stereocenters. The lowest BCUT2D eigenvalue weighted by molar-refractivity contribution is -0.137. The van der Waals surface area contributed by atoms with Crippen LogP contribution in [0.25, 0.3) is 0 Å². The first-order valence-electron chi connectivity index (χ1n) is 10.2. The Labute approximate surface area is 182 Å². The van der Waals surface area contributed by atoms with Gasteiger partial charge < -0.3 is 20.3 Å². The molecule has 3 N–H and O–H groups in total. The third-order valence-electron chi connectivity index (χ3n) is 4.62. The van der Waals surface area contributed by atoms with Crippen LogP contribution in [0.5, 0.6) is 11.5 Å². The molecule has 29 heavy (non-hydrogen) atoms. The first kappa shape index (κ1) is 25.8. The minimum Gasteiger partial charge on any atom is -0.480 e. The summed E-state index contributed by atoms with van der Waals surface area (Å²) in [5.74, 6) is 1.64. The number of thiol groups is 1. The van der Waals surface area contributed by atoms with Crippen molar-refractivity contribution in [1.82, 2.24) is 0 Å². The molecule has 3 atom stereocenters. The summed E-state index contributed by atoms with van der Waals surface area (Å²) in [6.45, 7) is 4.61. The molecule has 2 rings (SSSR count). The van der Waals surface area contributed by atoms with Crippen molar-refractivity contribution in [2.24, 2.45) is 5.73 Å². The summed E-state index contributed by atoms with van der Waals surface area (Å²) in [6.07, 6.45) is 8.32. The molecule has 0 spiro atoms. The summed E-state index contributed by atoms with van der Waals surface area (Å²) in [6, 6.07) is 5.19. The number of carbonyl (C=O) groups is 1. The van der Waals surface area contributed by atoms with Crippen LogP contribution in [0, 0.1) is 0 Å². The van der Waals surface area contributed by atoms with Crippen LogP contribution >= 0.6 is 12.6 Å². The summed E-state index contributed by atoms with van der Waals surface area (Å²) in [5, 5.41) is 8.20. The van der Waals surface area contributed by atoms with E-state index in [0.717, 1.165) is 30.1 Å². The van der Waals surface area contributed by atoms with Gasteiger partial charge in [-0.3, -0.25) is 9.00 Å². The number of fused-ring (bicyclic) bond motifs is 1. The quantitative estimate of drug-likeness (QED) is 0.334. The number of unbranched alkanes of at least 4 members (excludes halogenated alkanes) is 5. The SMILES string of the molecule is CCCCCCCCS(=O)C(C)Cc1ccc2c(c1)OCO2.N[C@@H](CS)C(=O)O. The van der Waals surface area contributed by atoms with Gasteiger partial charge in [-0.2, -0.15) is 12.6 Å². The highest BCUT2D eigenvalue weighted by Gasteiger charge is 2.16. The highest BCUT2D eigenvalue weighted by Crippen LogP contribution is 2.33. The summed E-state index contributed by atoms with van der Waals surface area (Å²) >= 11 is 3.65. The molecule has 166 valence electrons. The van der Waals surface area contributed by atoms with Crippen molar-refractivity contribution >= 4 is 29.4 Å². The Hall–Kier alpha value is -1.25. The summed E-state index contributed by atoms with van der Waals surface area (Å²) < 4.78 is 23.0. The van der Waals surface area contributed by atoms with Gasteiger partial charge in [0.15, 0.2) is 11.5 Å². The van der Waals surface area contributed by atoms with Crippen molar-refractivity contribution in [3.05, 3.63) is 23.8 Å². The molecule has 0 aliphatic carbocycles. The number of nitrogens with two attached hydrogens (primary N) is 1. The molecule has 1 aliphatic rings. The van der Waals surface area contributed by atoms with E-state index in [1.807, 2.05) is 18.2 Å². The van der Waals surface area contributed by atoms with Gasteiger partial charge >= 0.3 is 5.97 Å². The smallest absolute Gasteiger partial charge is 0.321 e. The highest BCUT2D eigenvalue weighted by molar-refractivity contribution is 7.85. The van der Waals surface area contributed by atoms with E-state index < -0.39 is 22.8 Å². The van der Waals surface area contributed by atoms with Gasteiger partial charge in [-0.05, 0) is 30.5 Å². The van der Waals surface area contributed by atoms with Crippen molar-refractivity contribution in [1.29, 1.82) is 0 Å². The van der Waals surface area contributed by atoms with Gasteiger partial charge in [0.05, 0.1) is 0 Å². The zero-order valence-corrected chi connectivity index (χ0v) is 19.2. The number of aliphatic carboxylic acids is 1. The molecule has 0 aromatic heterocycles. The van der Waals surface area contributed by atoms with E-state index in [1.165, 1.54) is 37.7 Å². The fourth-order valence-electron chi connectivity index (χ4n) is 2.80. The number of hydrogen-bond acceptors (Lipinski definition) is 6. The lowest BCUT2D eigenvalue weighted by atomic mass is 10.1. The van der Waals surface area contributed by atoms with Gasteiger partial charge in [0.2, 0.25) is 6.79 Å². The first-order chi connectivity index (χ1) is 13.9. The maximum absolute atomic E-state index is 12.3. The Bertz CT molecular complexity index is 641. The number of ether oxygens (including phenoxy) is 2. The van der Waals surface area contributed by atoms with Crippen LogP contribution in [-0.2, 0) is 22.0 Å². The van der Waals surface area contributed by atoms with E-state index in [-0.39, 0.29) is 11.0 Å². The second-order valence-corrected chi connectivity index (χ2v) is 9.52. The maximum Gasteiger partial charge on any atom is 0.321 e. The van der Waals surface area contributed by atoms with Crippen LogP contribution in [0.2, 0.25) is 0 Å². The highest BCUT2D eigenvalue weighted by atomic mass is 32.2. The van der Waals surface area contributed by atoms with Crippen molar-refractivity contribution in [2.75, 3.05) is 18.3 Å². The molecule has 6 nitrogen and oxygen atoms in total. The van der Waals surface area contributed by atoms with E-state index in [1.54, 1.807) is 0 Å². The Morgan fingerprint density at radius 2 is 1.86 bits per heavy atom. The molecule has 0 saturated carbocycles. The van der Waals surface area contributed by atoms with Crippen LogP contribution in [0.15, 0.2) is 18.2 Å².